The van der Waals surface area contributed by atoms with Crippen molar-refractivity contribution < 1.29 is 39.8 Å². The first-order valence-electron chi connectivity index (χ1n) is 28.3. The second kappa shape index (κ2) is 11.7. The van der Waals surface area contributed by atoms with Gasteiger partial charge in [0.15, 0.2) is 17.5 Å². The highest BCUT2D eigenvalue weighted by molar-refractivity contribution is 6.25. The topological polar surface area (TPSA) is 38.7 Å². The van der Waals surface area contributed by atoms with Crippen LogP contribution in [0.25, 0.3) is 88.7 Å². The Morgan fingerprint density at radius 2 is 0.583 bits per heavy atom. The number of benzene rings is 8. The Labute approximate surface area is 319 Å². The van der Waals surface area contributed by atoms with Gasteiger partial charge in [-0.15, -0.1) is 0 Å². The summed E-state index contributed by atoms with van der Waals surface area (Å²) in [5.74, 6) is -2.51. The third-order valence-electron chi connectivity index (χ3n) is 6.99. The second-order valence-corrected chi connectivity index (χ2v) is 9.81. The van der Waals surface area contributed by atoms with Crippen molar-refractivity contribution in [2.75, 3.05) is 0 Å². The van der Waals surface area contributed by atoms with E-state index >= 15 is 0 Å². The van der Waals surface area contributed by atoms with Gasteiger partial charge in [-0.05, 0) is 66.7 Å². The van der Waals surface area contributed by atoms with Crippen molar-refractivity contribution in [1.29, 1.82) is 0 Å². The quantitative estimate of drug-likeness (QED) is 0.176. The van der Waals surface area contributed by atoms with Crippen molar-refractivity contribution >= 4 is 32.3 Å². The van der Waals surface area contributed by atoms with Crippen molar-refractivity contribution in [2.45, 2.75) is 0 Å². The maximum absolute atomic E-state index is 9.65. The van der Waals surface area contributed by atoms with Gasteiger partial charge in [0.25, 0.3) is 0 Å². The lowest BCUT2D eigenvalue weighted by molar-refractivity contribution is 1.07. The van der Waals surface area contributed by atoms with Crippen LogP contribution in [0.2, 0.25) is 0 Å². The molecule has 0 fully saturated rings. The molecule has 3 heteroatoms. The number of rotatable bonds is 5. The number of hydrogen-bond donors (Lipinski definition) is 0. The van der Waals surface area contributed by atoms with Crippen LogP contribution in [0, 0.1) is 0 Å². The Kier molecular flexibility index (Phi) is 2.70. The van der Waals surface area contributed by atoms with Gasteiger partial charge >= 0.3 is 0 Å². The second-order valence-electron chi connectivity index (χ2n) is 9.81. The molecule has 0 N–H and O–H groups in total. The smallest absolute Gasteiger partial charge is 0.164 e. The van der Waals surface area contributed by atoms with Crippen molar-refractivity contribution in [3.63, 3.8) is 0 Å². The van der Waals surface area contributed by atoms with E-state index in [9.17, 15) is 11.0 Å². The summed E-state index contributed by atoms with van der Waals surface area (Å²) in [4.78, 5) is 12.5. The van der Waals surface area contributed by atoms with Crippen LogP contribution in [0.1, 0.15) is 39.8 Å². The molecule has 0 saturated heterocycles. The van der Waals surface area contributed by atoms with Crippen LogP contribution >= 0.6 is 0 Å². The molecule has 48 heavy (non-hydrogen) atoms. The summed E-state index contributed by atoms with van der Waals surface area (Å²) in [5, 5.41) is -3.19. The molecule has 9 rings (SSSR count). The molecular formula is C45H29N3. The molecule has 0 atom stereocenters. The van der Waals surface area contributed by atoms with Gasteiger partial charge in [-0.2, -0.15) is 0 Å². The van der Waals surface area contributed by atoms with E-state index in [2.05, 4.69) is 15.0 Å². The largest absolute Gasteiger partial charge is 0.208 e. The molecule has 224 valence electrons. The van der Waals surface area contributed by atoms with Crippen molar-refractivity contribution in [3.8, 4) is 56.4 Å². The van der Waals surface area contributed by atoms with Gasteiger partial charge in [0, 0.05) is 16.7 Å². The minimum Gasteiger partial charge on any atom is -0.208 e. The molecule has 0 spiro atoms. The van der Waals surface area contributed by atoms with Crippen LogP contribution in [-0.4, -0.2) is 15.0 Å². The molecule has 9 aromatic rings. The first-order valence-corrected chi connectivity index (χ1v) is 13.8. The fraction of sp³-hybridized carbons (Fsp3) is 0. The first kappa shape index (κ1) is 11.1. The van der Waals surface area contributed by atoms with Gasteiger partial charge in [0.2, 0.25) is 0 Å². The summed E-state index contributed by atoms with van der Waals surface area (Å²) in [5.41, 5.74) is -5.86. The SMILES string of the molecule is [2H]c1c([2H])c([2H])c(-c2nc(-c3c([2H])c([2H])c([2H])c([2H])c3[2H])nc(-c3c([2H])c([2H])c(-c4c([2H])c([2H])c([2H])c(-c5c([2H])c([2H])c6c7c([2H])c([2H])c([2H])c([2H])c7c7c([2H])c([2H])c([2H])c([2H])c7c6c5[2H])c4[2H])c([2H])c3[2H])n2)c([2H])c1[2H]. The third-order valence-corrected chi connectivity index (χ3v) is 6.99. The van der Waals surface area contributed by atoms with E-state index in [1.54, 1.807) is 0 Å². The maximum Gasteiger partial charge on any atom is 0.164 e. The van der Waals surface area contributed by atoms with Gasteiger partial charge in [0.05, 0.1) is 39.8 Å². The van der Waals surface area contributed by atoms with E-state index in [0.29, 0.717) is 0 Å². The highest BCUT2D eigenvalue weighted by Gasteiger charge is 2.13. The van der Waals surface area contributed by atoms with E-state index in [-0.39, 0.29) is 0 Å². The molecule has 1 aromatic heterocycles. The standard InChI is InChI=1S/C45H29N3/c1-3-12-31(13-4-1)43-46-44(32-14-5-2-6-15-32)48-45(47-43)33-24-22-30(23-25-33)34-16-11-17-35(28-34)36-26-27-41-39-20-8-7-18-37(39)38-19-9-10-21-40(38)42(41)29-36/h1-29H/i1D,2D,3D,4D,5D,6D,7D,8D,9D,10D,11D,12D,13D,14D,15D,16D,17D,18D,19D,20D,21D,22D,23D,24D,25D,26D,27D,28D,29D. The number of nitrogens with zero attached hydrogens (tertiary/aromatic N) is 3. The van der Waals surface area contributed by atoms with Crippen LogP contribution < -0.4 is 0 Å². The molecular weight excluding hydrogens is 583 g/mol. The Bertz CT molecular complexity index is 4050. The van der Waals surface area contributed by atoms with E-state index in [1.165, 1.54) is 0 Å². The highest BCUT2D eigenvalue weighted by atomic mass is 15.0. The average Bonchev–Trinajstić information content (AvgIpc) is 3.51. The van der Waals surface area contributed by atoms with E-state index in [0.717, 1.165) is 0 Å². The highest BCUT2D eigenvalue weighted by Crippen LogP contribution is 2.38. The van der Waals surface area contributed by atoms with Crippen molar-refractivity contribution in [2.24, 2.45) is 0 Å². The molecule has 0 amide bonds. The van der Waals surface area contributed by atoms with Crippen molar-refractivity contribution in [1.82, 2.24) is 15.0 Å². The summed E-state index contributed by atoms with van der Waals surface area (Å²) in [6.07, 6.45) is 0. The molecule has 0 aliphatic rings. The van der Waals surface area contributed by atoms with Gasteiger partial charge in [-0.25, -0.2) is 15.0 Å². The van der Waals surface area contributed by atoms with Gasteiger partial charge in [0.1, 0.15) is 0 Å². The van der Waals surface area contributed by atoms with E-state index in [1.807, 2.05) is 0 Å². The maximum atomic E-state index is 9.65. The fourth-order valence-corrected chi connectivity index (χ4v) is 4.86. The monoisotopic (exact) mass is 640 g/mol. The van der Waals surface area contributed by atoms with Gasteiger partial charge in [-0.3, -0.25) is 0 Å². The zero-order valence-electron chi connectivity index (χ0n) is 52.8. The fourth-order valence-electron chi connectivity index (χ4n) is 4.86. The molecule has 0 saturated carbocycles. The van der Waals surface area contributed by atoms with Crippen molar-refractivity contribution in [3.05, 3.63) is 175 Å². The van der Waals surface area contributed by atoms with Crippen LogP contribution in [0.5, 0.6) is 0 Å². The first-order chi connectivity index (χ1) is 35.9. The average molecular weight is 641 g/mol. The van der Waals surface area contributed by atoms with Crippen LogP contribution in [0.4, 0.5) is 0 Å². The van der Waals surface area contributed by atoms with Gasteiger partial charge in [-0.1, -0.05) is 163 Å². The number of fused-ring (bicyclic) bond motifs is 6. The summed E-state index contributed by atoms with van der Waals surface area (Å²) >= 11 is 0. The van der Waals surface area contributed by atoms with E-state index in [4.69, 9.17) is 28.8 Å². The Morgan fingerprint density at radius 3 is 1.10 bits per heavy atom. The zero-order valence-corrected chi connectivity index (χ0v) is 23.8. The number of aromatic nitrogens is 3. The minimum atomic E-state index is -1.11. The Balaban J connectivity index is 1.38. The molecule has 0 bridgehead atoms. The van der Waals surface area contributed by atoms with Crippen LogP contribution in [0.3, 0.4) is 0 Å². The molecule has 0 aliphatic heterocycles. The summed E-state index contributed by atoms with van der Waals surface area (Å²) < 4.78 is 255. The summed E-state index contributed by atoms with van der Waals surface area (Å²) in [7, 11) is 0. The molecule has 3 nitrogen and oxygen atoms in total. The van der Waals surface area contributed by atoms with E-state index < -0.39 is 264 Å². The normalized spacial score (nSPS) is 19.8. The number of hydrogen-bond acceptors (Lipinski definition) is 3. The van der Waals surface area contributed by atoms with Crippen LogP contribution in [0.15, 0.2) is 175 Å². The Morgan fingerprint density at radius 1 is 0.250 bits per heavy atom. The third kappa shape index (κ3) is 4.99. The molecule has 0 unspecified atom stereocenters. The molecule has 0 aliphatic carbocycles. The molecule has 1 heterocycles. The lowest BCUT2D eigenvalue weighted by atomic mass is 9.91. The minimum absolute atomic E-state index is 0.471. The molecule has 0 radical (unpaired) electrons. The predicted molar refractivity (Wildman–Crippen MR) is 200 cm³/mol. The zero-order chi connectivity index (χ0) is 57.1. The van der Waals surface area contributed by atoms with Crippen LogP contribution in [-0.2, 0) is 0 Å². The van der Waals surface area contributed by atoms with Gasteiger partial charge < -0.3 is 0 Å². The predicted octanol–water partition coefficient (Wildman–Crippen LogP) is 11.7. The Hall–Kier alpha value is -6.45. The molecule has 8 aromatic carbocycles. The lowest BCUT2D eigenvalue weighted by Gasteiger charge is -2.13. The lowest BCUT2D eigenvalue weighted by Crippen LogP contribution is -2.00. The summed E-state index contributed by atoms with van der Waals surface area (Å²) in [6, 6.07) is -27.0. The summed E-state index contributed by atoms with van der Waals surface area (Å²) in [6.45, 7) is 0.